The van der Waals surface area contributed by atoms with Crippen LogP contribution in [0.2, 0.25) is 0 Å². The molecule has 1 aliphatic heterocycles. The monoisotopic (exact) mass is 280 g/mol. The molecule has 0 unspecified atom stereocenters. The number of fused-ring (bicyclic) bond motifs is 5. The van der Waals surface area contributed by atoms with E-state index in [0.29, 0.717) is 0 Å². The standard InChI is InChI=1S/C17H16N2O2/c1-18-9-14-12-7-10(20)4-6-16(12)19(2)17(14)13-8-11(21)3-5-15(13)18/h3-8,20-21H,9H2,1-2H3. The van der Waals surface area contributed by atoms with E-state index in [0.717, 1.165) is 34.4 Å². The molecule has 0 radical (unpaired) electrons. The van der Waals surface area contributed by atoms with Crippen LogP contribution >= 0.6 is 0 Å². The third kappa shape index (κ3) is 1.56. The summed E-state index contributed by atoms with van der Waals surface area (Å²) in [6.07, 6.45) is 0. The molecule has 0 saturated heterocycles. The number of phenols is 2. The summed E-state index contributed by atoms with van der Waals surface area (Å²) in [5.74, 6) is 0.545. The summed E-state index contributed by atoms with van der Waals surface area (Å²) < 4.78 is 2.13. The van der Waals surface area contributed by atoms with E-state index in [4.69, 9.17) is 0 Å². The van der Waals surface area contributed by atoms with Crippen molar-refractivity contribution in [2.45, 2.75) is 6.54 Å². The lowest BCUT2D eigenvalue weighted by Gasteiger charge is -2.28. The summed E-state index contributed by atoms with van der Waals surface area (Å²) in [5, 5.41) is 20.7. The molecule has 0 spiro atoms. The minimum atomic E-state index is 0.267. The fourth-order valence-electron chi connectivity index (χ4n) is 3.38. The fraction of sp³-hybridized carbons (Fsp3) is 0.176. The second-order valence-corrected chi connectivity index (χ2v) is 5.65. The number of anilines is 1. The van der Waals surface area contributed by atoms with Gasteiger partial charge in [-0.25, -0.2) is 0 Å². The molecule has 4 rings (SSSR count). The van der Waals surface area contributed by atoms with Crippen molar-refractivity contribution in [2.75, 3.05) is 11.9 Å². The van der Waals surface area contributed by atoms with Gasteiger partial charge < -0.3 is 19.7 Å². The van der Waals surface area contributed by atoms with Gasteiger partial charge >= 0.3 is 0 Å². The number of benzene rings is 2. The Kier molecular flexibility index (Phi) is 2.28. The van der Waals surface area contributed by atoms with Gasteiger partial charge in [-0.3, -0.25) is 0 Å². The maximum Gasteiger partial charge on any atom is 0.116 e. The van der Waals surface area contributed by atoms with E-state index in [9.17, 15) is 10.2 Å². The molecule has 2 heterocycles. The molecule has 0 saturated carbocycles. The first kappa shape index (κ1) is 12.1. The molecule has 3 aromatic rings. The summed E-state index contributed by atoms with van der Waals surface area (Å²) >= 11 is 0. The predicted molar refractivity (Wildman–Crippen MR) is 83.8 cm³/mol. The molecule has 0 amide bonds. The maximum absolute atomic E-state index is 9.84. The van der Waals surface area contributed by atoms with Crippen molar-refractivity contribution in [3.8, 4) is 22.8 Å². The second-order valence-electron chi connectivity index (χ2n) is 5.65. The van der Waals surface area contributed by atoms with E-state index >= 15 is 0 Å². The van der Waals surface area contributed by atoms with Crippen LogP contribution in [-0.2, 0) is 13.6 Å². The molecule has 1 aliphatic rings. The Labute approximate surface area is 122 Å². The number of hydrogen-bond donors (Lipinski definition) is 2. The smallest absolute Gasteiger partial charge is 0.116 e. The third-order valence-corrected chi connectivity index (χ3v) is 4.33. The molecular weight excluding hydrogens is 264 g/mol. The van der Waals surface area contributed by atoms with Crippen LogP contribution in [0.5, 0.6) is 11.5 Å². The lowest BCUT2D eigenvalue weighted by Crippen LogP contribution is -2.21. The van der Waals surface area contributed by atoms with Gasteiger partial charge in [0.25, 0.3) is 0 Å². The molecular formula is C17H16N2O2. The van der Waals surface area contributed by atoms with Crippen LogP contribution in [0.3, 0.4) is 0 Å². The number of hydrogen-bond acceptors (Lipinski definition) is 3. The highest BCUT2D eigenvalue weighted by molar-refractivity contribution is 5.97. The minimum absolute atomic E-state index is 0.267. The van der Waals surface area contributed by atoms with Crippen molar-refractivity contribution in [3.05, 3.63) is 42.0 Å². The maximum atomic E-state index is 9.84. The molecule has 0 aliphatic carbocycles. The third-order valence-electron chi connectivity index (χ3n) is 4.33. The Morgan fingerprint density at radius 3 is 2.48 bits per heavy atom. The topological polar surface area (TPSA) is 48.6 Å². The summed E-state index contributed by atoms with van der Waals surface area (Å²) in [6.45, 7) is 0.786. The fourth-order valence-corrected chi connectivity index (χ4v) is 3.38. The van der Waals surface area contributed by atoms with Gasteiger partial charge in [0.2, 0.25) is 0 Å². The minimum Gasteiger partial charge on any atom is -0.508 e. The molecule has 2 N–H and O–H groups in total. The Bertz CT molecular complexity index is 880. The van der Waals surface area contributed by atoms with Crippen LogP contribution in [0, 0.1) is 0 Å². The number of aromatic nitrogens is 1. The second kappa shape index (κ2) is 3.95. The van der Waals surface area contributed by atoms with Gasteiger partial charge in [0.1, 0.15) is 11.5 Å². The number of phenolic OH excluding ortho intramolecular Hbond substituents is 2. The number of nitrogens with zero attached hydrogens (tertiary/aromatic N) is 2. The lowest BCUT2D eigenvalue weighted by molar-refractivity contribution is 0.475. The molecule has 4 nitrogen and oxygen atoms in total. The lowest BCUT2D eigenvalue weighted by atomic mass is 9.98. The molecule has 106 valence electrons. The molecule has 0 atom stereocenters. The molecule has 0 bridgehead atoms. The van der Waals surface area contributed by atoms with Crippen LogP contribution in [-0.4, -0.2) is 21.8 Å². The Balaban J connectivity index is 2.14. The zero-order valence-electron chi connectivity index (χ0n) is 12.0. The van der Waals surface area contributed by atoms with Crippen LogP contribution in [0.15, 0.2) is 36.4 Å². The van der Waals surface area contributed by atoms with Gasteiger partial charge in [0.15, 0.2) is 0 Å². The summed E-state index contributed by atoms with van der Waals surface area (Å²) in [7, 11) is 4.07. The van der Waals surface area contributed by atoms with Crippen molar-refractivity contribution in [2.24, 2.45) is 7.05 Å². The van der Waals surface area contributed by atoms with E-state index in [1.807, 2.05) is 38.4 Å². The first-order valence-corrected chi connectivity index (χ1v) is 6.91. The molecule has 4 heteroatoms. The van der Waals surface area contributed by atoms with Crippen molar-refractivity contribution >= 4 is 16.6 Å². The van der Waals surface area contributed by atoms with Crippen molar-refractivity contribution in [1.29, 1.82) is 0 Å². The number of rotatable bonds is 0. The average Bonchev–Trinajstić information content (AvgIpc) is 2.71. The largest absolute Gasteiger partial charge is 0.508 e. The normalized spacial score (nSPS) is 13.3. The van der Waals surface area contributed by atoms with Gasteiger partial charge in [-0.1, -0.05) is 0 Å². The molecule has 2 aromatic carbocycles. The van der Waals surface area contributed by atoms with Crippen LogP contribution < -0.4 is 4.90 Å². The van der Waals surface area contributed by atoms with Gasteiger partial charge in [-0.15, -0.1) is 0 Å². The van der Waals surface area contributed by atoms with Crippen molar-refractivity contribution in [3.63, 3.8) is 0 Å². The summed E-state index contributed by atoms with van der Waals surface area (Å²) in [5.41, 5.74) is 5.51. The average molecular weight is 280 g/mol. The van der Waals surface area contributed by atoms with Crippen molar-refractivity contribution < 1.29 is 10.2 Å². The van der Waals surface area contributed by atoms with E-state index in [1.54, 1.807) is 12.1 Å². The molecule has 0 fully saturated rings. The Morgan fingerprint density at radius 2 is 1.67 bits per heavy atom. The SMILES string of the molecule is CN1Cc2c(n(C)c3ccc(O)cc23)-c2cc(O)ccc21. The first-order valence-electron chi connectivity index (χ1n) is 6.91. The summed E-state index contributed by atoms with van der Waals surface area (Å²) in [4.78, 5) is 2.17. The van der Waals surface area contributed by atoms with Crippen LogP contribution in [0.4, 0.5) is 5.69 Å². The molecule has 1 aromatic heterocycles. The highest BCUT2D eigenvalue weighted by Gasteiger charge is 2.26. The molecule has 21 heavy (non-hydrogen) atoms. The quantitative estimate of drug-likeness (QED) is 0.665. The van der Waals surface area contributed by atoms with E-state index in [-0.39, 0.29) is 11.5 Å². The van der Waals surface area contributed by atoms with E-state index in [2.05, 4.69) is 9.47 Å². The van der Waals surface area contributed by atoms with E-state index in [1.165, 1.54) is 5.56 Å². The Morgan fingerprint density at radius 1 is 0.952 bits per heavy atom. The van der Waals surface area contributed by atoms with Crippen LogP contribution in [0.25, 0.3) is 22.2 Å². The van der Waals surface area contributed by atoms with Gasteiger partial charge in [-0.05, 0) is 36.4 Å². The zero-order valence-corrected chi connectivity index (χ0v) is 12.0. The van der Waals surface area contributed by atoms with Crippen molar-refractivity contribution in [1.82, 2.24) is 4.57 Å². The highest BCUT2D eigenvalue weighted by atomic mass is 16.3. The number of aromatic hydroxyl groups is 2. The van der Waals surface area contributed by atoms with Crippen LogP contribution in [0.1, 0.15) is 5.56 Å². The summed E-state index contributed by atoms with van der Waals surface area (Å²) in [6, 6.07) is 10.9. The Hall–Kier alpha value is -2.62. The van der Waals surface area contributed by atoms with Gasteiger partial charge in [0.05, 0.1) is 5.69 Å². The van der Waals surface area contributed by atoms with E-state index < -0.39 is 0 Å². The number of aryl methyl sites for hydroxylation is 1. The first-order chi connectivity index (χ1) is 10.1. The highest BCUT2D eigenvalue weighted by Crippen LogP contribution is 2.44. The van der Waals surface area contributed by atoms with Gasteiger partial charge in [-0.2, -0.15) is 0 Å². The van der Waals surface area contributed by atoms with Gasteiger partial charge in [0, 0.05) is 48.4 Å². The predicted octanol–water partition coefficient (Wildman–Crippen LogP) is 3.21. The zero-order chi connectivity index (χ0) is 14.7.